The van der Waals surface area contributed by atoms with Crippen molar-refractivity contribution in [2.45, 2.75) is 154 Å². The minimum Gasteiger partial charge on any atom is -0.508 e. The lowest BCUT2D eigenvalue weighted by molar-refractivity contribution is 0.259. The van der Waals surface area contributed by atoms with Crippen molar-refractivity contribution in [1.82, 2.24) is 0 Å². The molecule has 44 heavy (non-hydrogen) atoms. The number of para-hydroxylation sites is 2. The highest BCUT2D eigenvalue weighted by atomic mass is 16.3. The van der Waals surface area contributed by atoms with Crippen LogP contribution in [0.3, 0.4) is 0 Å². The van der Waals surface area contributed by atoms with Gasteiger partial charge in [-0.15, -0.1) is 0 Å². The van der Waals surface area contributed by atoms with Crippen LogP contribution in [0.15, 0.2) is 54.6 Å². The summed E-state index contributed by atoms with van der Waals surface area (Å²) in [6.07, 6.45) is 16.4. The molecule has 0 amide bonds. The largest absolute Gasteiger partial charge is 0.508 e. The molecule has 7 atom stereocenters. The highest BCUT2D eigenvalue weighted by molar-refractivity contribution is 5.32. The van der Waals surface area contributed by atoms with Crippen LogP contribution in [0.2, 0.25) is 0 Å². The van der Waals surface area contributed by atoms with Crippen molar-refractivity contribution in [3.05, 3.63) is 60.2 Å². The van der Waals surface area contributed by atoms with Crippen LogP contribution in [0.4, 0.5) is 0 Å². The van der Waals surface area contributed by atoms with E-state index in [2.05, 4.69) is 6.07 Å². The van der Waals surface area contributed by atoms with Crippen LogP contribution in [0.5, 0.6) is 11.5 Å². The molecular weight excluding hydrogens is 536 g/mol. The smallest absolute Gasteiger partial charge is 0.118 e. The van der Waals surface area contributed by atoms with Gasteiger partial charge in [0.15, 0.2) is 0 Å². The molecule has 0 aliphatic heterocycles. The predicted molar refractivity (Wildman–Crippen MR) is 199 cm³/mol. The molecule has 5 aliphatic rings. The van der Waals surface area contributed by atoms with Gasteiger partial charge in [-0.05, 0) is 123 Å². The van der Waals surface area contributed by atoms with Gasteiger partial charge < -0.3 is 10.2 Å². The average molecular weight is 613 g/mol. The van der Waals surface area contributed by atoms with Gasteiger partial charge in [0.1, 0.15) is 11.5 Å². The first-order valence-electron chi connectivity index (χ1n) is 19.2. The van der Waals surface area contributed by atoms with E-state index >= 15 is 0 Å². The molecule has 7 rings (SSSR count). The van der Waals surface area contributed by atoms with E-state index in [1.54, 1.807) is 62.8 Å². The van der Waals surface area contributed by atoms with Crippen LogP contribution < -0.4 is 0 Å². The molecule has 0 heterocycles. The van der Waals surface area contributed by atoms with Gasteiger partial charge in [0.05, 0.1) is 0 Å². The quantitative estimate of drug-likeness (QED) is 0.354. The zero-order chi connectivity index (χ0) is 33.9. The van der Waals surface area contributed by atoms with Gasteiger partial charge >= 0.3 is 0 Å². The summed E-state index contributed by atoms with van der Waals surface area (Å²) in [5.41, 5.74) is 1.15. The molecule has 0 aromatic heterocycles. The Hall–Kier alpha value is -1.96. The van der Waals surface area contributed by atoms with Crippen LogP contribution in [0.1, 0.15) is 153 Å². The van der Waals surface area contributed by atoms with Gasteiger partial charge in [-0.25, -0.2) is 0 Å². The number of phenols is 2. The van der Waals surface area contributed by atoms with Gasteiger partial charge in [-0.1, -0.05) is 132 Å². The van der Waals surface area contributed by atoms with Gasteiger partial charge in [0.25, 0.3) is 0 Å². The number of phenolic OH excluding ortho intramolecular Hbond substituents is 2. The minimum absolute atomic E-state index is 0.322. The molecule has 256 valence electrons. The summed E-state index contributed by atoms with van der Waals surface area (Å²) in [7, 11) is 0. The molecule has 2 aromatic rings. The van der Waals surface area contributed by atoms with Gasteiger partial charge in [0.2, 0.25) is 0 Å². The van der Waals surface area contributed by atoms with Crippen molar-refractivity contribution in [3.8, 4) is 11.5 Å². The lowest BCUT2D eigenvalue weighted by Gasteiger charge is -2.23. The summed E-state index contributed by atoms with van der Waals surface area (Å²) in [6, 6.07) is 16.5. The number of rotatable bonds is 2. The van der Waals surface area contributed by atoms with E-state index in [4.69, 9.17) is 5.11 Å². The third-order valence-corrected chi connectivity index (χ3v) is 9.46. The maximum absolute atomic E-state index is 9.74. The second kappa shape index (κ2) is 28.5. The van der Waals surface area contributed by atoms with Crippen molar-refractivity contribution < 1.29 is 10.2 Å². The van der Waals surface area contributed by atoms with Crippen LogP contribution in [0, 0.1) is 41.4 Å². The molecule has 4 bridgehead atoms. The third kappa shape index (κ3) is 14.4. The van der Waals surface area contributed by atoms with E-state index < -0.39 is 0 Å². The molecule has 0 radical (unpaired) electrons. The minimum atomic E-state index is 0.322. The predicted octanol–water partition coefficient (Wildman–Crippen LogP) is 13.8. The second-order valence-electron chi connectivity index (χ2n) is 11.2. The number of hydrogen-bond donors (Lipinski definition) is 2. The lowest BCUT2D eigenvalue weighted by Crippen LogP contribution is -2.15. The molecule has 2 aromatic carbocycles. The summed E-state index contributed by atoms with van der Waals surface area (Å²) in [5, 5.41) is 18.4. The first-order chi connectivity index (χ1) is 21.7. The van der Waals surface area contributed by atoms with E-state index in [1.807, 2.05) is 107 Å². The fraction of sp³-hybridized carbons (Fsp3) is 0.714. The zero-order valence-corrected chi connectivity index (χ0v) is 31.4. The molecule has 2 nitrogen and oxygen atoms in total. The molecule has 0 spiro atoms. The van der Waals surface area contributed by atoms with Gasteiger partial charge in [-0.3, -0.25) is 0 Å². The number of hydrogen-bond acceptors (Lipinski definition) is 2. The van der Waals surface area contributed by atoms with E-state index in [0.717, 1.165) is 29.7 Å². The molecule has 5 saturated carbocycles. The van der Waals surface area contributed by atoms with E-state index in [1.165, 1.54) is 49.4 Å². The van der Waals surface area contributed by atoms with Crippen LogP contribution in [-0.4, -0.2) is 10.2 Å². The first kappa shape index (κ1) is 44.2. The topological polar surface area (TPSA) is 40.5 Å². The Bertz CT molecular complexity index is 847. The molecule has 2 heteroatoms. The normalized spacial score (nSPS) is 26.7. The SMILES string of the molecule is C1CC2C3CCC(C3)C2C1.CC.CC.CC.CC.CC.CC.Oc1ccccc1.Oc1ccccc1CC1CC2CCC1C2. The van der Waals surface area contributed by atoms with Crippen LogP contribution in [-0.2, 0) is 6.42 Å². The summed E-state index contributed by atoms with van der Waals surface area (Å²) in [5.74, 6) is 8.41. The van der Waals surface area contributed by atoms with Crippen molar-refractivity contribution >= 4 is 0 Å². The van der Waals surface area contributed by atoms with Crippen molar-refractivity contribution in [2.75, 3.05) is 0 Å². The lowest BCUT2D eigenvalue weighted by atomic mass is 9.82. The fourth-order valence-electron chi connectivity index (χ4n) is 8.04. The average Bonchev–Trinajstić information content (AvgIpc) is 3.96. The molecule has 7 unspecified atom stereocenters. The number of fused-ring (bicyclic) bond motifs is 7. The maximum Gasteiger partial charge on any atom is 0.118 e. The molecular formula is C42H76O2. The Labute approximate surface area is 276 Å². The Kier molecular flexibility index (Phi) is 28.6. The molecule has 0 saturated heterocycles. The van der Waals surface area contributed by atoms with Crippen LogP contribution >= 0.6 is 0 Å². The molecule has 5 aliphatic carbocycles. The summed E-state index contributed by atoms with van der Waals surface area (Å²) in [4.78, 5) is 0. The highest BCUT2D eigenvalue weighted by Crippen LogP contribution is 2.58. The first-order valence-corrected chi connectivity index (χ1v) is 19.2. The van der Waals surface area contributed by atoms with Gasteiger partial charge in [0, 0.05) is 0 Å². The fourth-order valence-corrected chi connectivity index (χ4v) is 8.04. The summed E-state index contributed by atoms with van der Waals surface area (Å²) >= 11 is 0. The Morgan fingerprint density at radius 3 is 1.39 bits per heavy atom. The van der Waals surface area contributed by atoms with E-state index in [0.29, 0.717) is 11.5 Å². The zero-order valence-electron chi connectivity index (χ0n) is 31.4. The summed E-state index contributed by atoms with van der Waals surface area (Å²) < 4.78 is 0. The van der Waals surface area contributed by atoms with E-state index in [9.17, 15) is 5.11 Å². The van der Waals surface area contributed by atoms with Crippen molar-refractivity contribution in [2.24, 2.45) is 41.4 Å². The third-order valence-electron chi connectivity index (χ3n) is 9.46. The standard InChI is InChI=1S/C14H18O.C10H16.C6H6O.6C2H6/c15-14-4-2-1-3-12(14)9-13-8-10-5-6-11(13)7-10;1-2-9-7-4-5-8(6-7)10(9)3-1;7-6-4-2-1-3-5-6;6*1-2/h1-4,10-11,13,15H,5-9H2;7-10H,1-6H2;1-5,7H;6*1-2H3. The van der Waals surface area contributed by atoms with Crippen LogP contribution in [0.25, 0.3) is 0 Å². The second-order valence-corrected chi connectivity index (χ2v) is 11.2. The van der Waals surface area contributed by atoms with E-state index in [-0.39, 0.29) is 0 Å². The van der Waals surface area contributed by atoms with Crippen molar-refractivity contribution in [1.29, 1.82) is 0 Å². The Morgan fingerprint density at radius 2 is 0.977 bits per heavy atom. The maximum atomic E-state index is 9.74. The summed E-state index contributed by atoms with van der Waals surface area (Å²) in [6.45, 7) is 24.0. The van der Waals surface area contributed by atoms with Crippen molar-refractivity contribution in [3.63, 3.8) is 0 Å². The van der Waals surface area contributed by atoms with Gasteiger partial charge in [-0.2, -0.15) is 0 Å². The monoisotopic (exact) mass is 613 g/mol. The Balaban J connectivity index is 0. The number of aromatic hydroxyl groups is 2. The molecule has 5 fully saturated rings. The highest BCUT2D eigenvalue weighted by Gasteiger charge is 2.48. The Morgan fingerprint density at radius 1 is 0.500 bits per heavy atom. The number of benzene rings is 2. The molecule has 2 N–H and O–H groups in total.